The summed E-state index contributed by atoms with van der Waals surface area (Å²) in [5.41, 5.74) is 1.16. The molecule has 1 saturated heterocycles. The lowest BCUT2D eigenvalue weighted by molar-refractivity contribution is 0.817. The molecule has 1 aromatic rings. The summed E-state index contributed by atoms with van der Waals surface area (Å²) in [6, 6.07) is 2.07. The number of hydrogen-bond acceptors (Lipinski definition) is 5. The second-order valence-corrected chi connectivity index (χ2v) is 7.97. The van der Waals surface area contributed by atoms with Crippen molar-refractivity contribution in [2.24, 2.45) is 0 Å². The van der Waals surface area contributed by atoms with Gasteiger partial charge in [0.1, 0.15) is 11.6 Å². The van der Waals surface area contributed by atoms with Crippen molar-refractivity contribution in [2.75, 3.05) is 18.1 Å². The van der Waals surface area contributed by atoms with Crippen molar-refractivity contribution in [1.29, 1.82) is 0 Å². The number of nitrogens with zero attached hydrogens (tertiary/aromatic N) is 2. The minimum absolute atomic E-state index is 0.431. The van der Waals surface area contributed by atoms with E-state index in [0.29, 0.717) is 10.5 Å². The minimum atomic E-state index is 0.431. The molecule has 1 aliphatic heterocycles. The lowest BCUT2D eigenvalue weighted by Gasteiger charge is -2.30. The number of thioether (sulfide) groups is 2. The number of anilines is 1. The van der Waals surface area contributed by atoms with Gasteiger partial charge in [-0.15, -0.1) is 11.8 Å². The maximum Gasteiger partial charge on any atom is 0.144 e. The van der Waals surface area contributed by atoms with Gasteiger partial charge in [-0.05, 0) is 6.42 Å². The molecule has 3 unspecified atom stereocenters. The Hall–Kier alpha value is -0.420. The average Bonchev–Trinajstić information content (AvgIpc) is 2.42. The molecule has 3 atom stereocenters. The molecule has 0 radical (unpaired) electrons. The van der Waals surface area contributed by atoms with Crippen LogP contribution >= 0.6 is 23.5 Å². The highest BCUT2D eigenvalue weighted by Crippen LogP contribution is 2.43. The Labute approximate surface area is 124 Å². The van der Waals surface area contributed by atoms with Gasteiger partial charge in [0.2, 0.25) is 0 Å². The molecule has 1 N–H and O–H groups in total. The van der Waals surface area contributed by atoms with Gasteiger partial charge in [0, 0.05) is 35.1 Å². The molecule has 2 rings (SSSR count). The van der Waals surface area contributed by atoms with Crippen LogP contribution < -0.4 is 5.32 Å². The van der Waals surface area contributed by atoms with Gasteiger partial charge in [-0.1, -0.05) is 27.2 Å². The van der Waals surface area contributed by atoms with E-state index in [9.17, 15) is 0 Å². The predicted molar refractivity (Wildman–Crippen MR) is 87.3 cm³/mol. The number of aromatic nitrogens is 2. The third-order valence-electron chi connectivity index (χ3n) is 3.40. The zero-order valence-corrected chi connectivity index (χ0v) is 13.8. The Morgan fingerprint density at radius 2 is 2.11 bits per heavy atom. The quantitative estimate of drug-likeness (QED) is 0.915. The van der Waals surface area contributed by atoms with Gasteiger partial charge in [-0.2, -0.15) is 11.8 Å². The van der Waals surface area contributed by atoms with Crippen LogP contribution in [0.25, 0.3) is 0 Å². The van der Waals surface area contributed by atoms with E-state index in [-0.39, 0.29) is 0 Å². The van der Waals surface area contributed by atoms with Gasteiger partial charge >= 0.3 is 0 Å². The monoisotopic (exact) mass is 297 g/mol. The van der Waals surface area contributed by atoms with Gasteiger partial charge in [-0.25, -0.2) is 9.97 Å². The summed E-state index contributed by atoms with van der Waals surface area (Å²) in [4.78, 5) is 9.43. The lowest BCUT2D eigenvalue weighted by Crippen LogP contribution is -2.23. The third kappa shape index (κ3) is 3.78. The summed E-state index contributed by atoms with van der Waals surface area (Å²) in [7, 11) is 1.93. The predicted octanol–water partition coefficient (Wildman–Crippen LogP) is 3.77. The van der Waals surface area contributed by atoms with Crippen LogP contribution in [0.5, 0.6) is 0 Å². The molecular weight excluding hydrogens is 274 g/mol. The minimum Gasteiger partial charge on any atom is -0.373 e. The summed E-state index contributed by atoms with van der Waals surface area (Å²) in [6.07, 6.45) is 2.15. The second-order valence-electron chi connectivity index (χ2n) is 4.97. The Morgan fingerprint density at radius 1 is 1.32 bits per heavy atom. The molecule has 2 heterocycles. The molecule has 1 fully saturated rings. The molecular formula is C14H23N3S2. The number of nitrogens with one attached hydrogen (secondary N) is 1. The molecule has 0 aliphatic carbocycles. The summed E-state index contributed by atoms with van der Waals surface area (Å²) < 4.78 is 0. The largest absolute Gasteiger partial charge is 0.373 e. The molecule has 106 valence electrons. The van der Waals surface area contributed by atoms with E-state index in [1.165, 1.54) is 0 Å². The van der Waals surface area contributed by atoms with Crippen LogP contribution in [0.15, 0.2) is 6.07 Å². The molecule has 0 bridgehead atoms. The Bertz CT molecular complexity index is 425. The van der Waals surface area contributed by atoms with Crippen LogP contribution in [0.2, 0.25) is 0 Å². The van der Waals surface area contributed by atoms with Crippen LogP contribution in [0, 0.1) is 0 Å². The normalized spacial score (nSPS) is 27.3. The SMILES string of the molecule is CCCc1cc(NC)nc(C2CSC(C)C(C)S2)n1. The fourth-order valence-corrected chi connectivity index (χ4v) is 4.94. The zero-order chi connectivity index (χ0) is 13.8. The highest BCUT2D eigenvalue weighted by atomic mass is 32.2. The fourth-order valence-electron chi connectivity index (χ4n) is 2.09. The van der Waals surface area contributed by atoms with Crippen molar-refractivity contribution in [2.45, 2.75) is 49.4 Å². The molecule has 0 amide bonds. The van der Waals surface area contributed by atoms with Crippen molar-refractivity contribution < 1.29 is 0 Å². The summed E-state index contributed by atoms with van der Waals surface area (Å²) in [5, 5.41) is 4.98. The highest BCUT2D eigenvalue weighted by Gasteiger charge is 2.28. The summed E-state index contributed by atoms with van der Waals surface area (Å²) >= 11 is 4.06. The lowest BCUT2D eigenvalue weighted by atomic mass is 10.2. The average molecular weight is 297 g/mol. The van der Waals surface area contributed by atoms with E-state index in [0.717, 1.165) is 41.2 Å². The molecule has 1 aliphatic rings. The molecule has 19 heavy (non-hydrogen) atoms. The van der Waals surface area contributed by atoms with Gasteiger partial charge in [0.15, 0.2) is 0 Å². The third-order valence-corrected chi connectivity index (χ3v) is 6.78. The molecule has 5 heteroatoms. The van der Waals surface area contributed by atoms with E-state index >= 15 is 0 Å². The highest BCUT2D eigenvalue weighted by molar-refractivity contribution is 8.07. The number of hydrogen-bond donors (Lipinski definition) is 1. The van der Waals surface area contributed by atoms with Crippen LogP contribution in [0.4, 0.5) is 5.82 Å². The van der Waals surface area contributed by atoms with E-state index in [2.05, 4.69) is 37.1 Å². The molecule has 0 saturated carbocycles. The van der Waals surface area contributed by atoms with Crippen molar-refractivity contribution in [3.05, 3.63) is 17.6 Å². The number of aryl methyl sites for hydroxylation is 1. The van der Waals surface area contributed by atoms with Crippen LogP contribution in [-0.2, 0) is 6.42 Å². The van der Waals surface area contributed by atoms with Gasteiger partial charge in [0.05, 0.1) is 5.25 Å². The van der Waals surface area contributed by atoms with Gasteiger partial charge in [0.25, 0.3) is 0 Å². The topological polar surface area (TPSA) is 37.8 Å². The van der Waals surface area contributed by atoms with E-state index in [4.69, 9.17) is 4.98 Å². The van der Waals surface area contributed by atoms with Crippen molar-refractivity contribution >= 4 is 29.3 Å². The van der Waals surface area contributed by atoms with Crippen LogP contribution in [0.1, 0.15) is 44.0 Å². The maximum atomic E-state index is 4.77. The first-order chi connectivity index (χ1) is 9.13. The fraction of sp³-hybridized carbons (Fsp3) is 0.714. The Balaban J connectivity index is 2.20. The van der Waals surface area contributed by atoms with Crippen molar-refractivity contribution in [3.63, 3.8) is 0 Å². The van der Waals surface area contributed by atoms with Crippen LogP contribution in [0.3, 0.4) is 0 Å². The maximum absolute atomic E-state index is 4.77. The molecule has 0 spiro atoms. The number of rotatable bonds is 4. The standard InChI is InChI=1S/C14H23N3S2/c1-5-6-11-7-13(15-4)17-14(16-11)12-8-18-9(2)10(3)19-12/h7,9-10,12H,5-6,8H2,1-4H3,(H,15,16,17). The first-order valence-electron chi connectivity index (χ1n) is 6.96. The van der Waals surface area contributed by atoms with E-state index < -0.39 is 0 Å². The Kier molecular flexibility index (Phi) is 5.39. The smallest absolute Gasteiger partial charge is 0.144 e. The van der Waals surface area contributed by atoms with Gasteiger partial charge in [-0.3, -0.25) is 0 Å². The zero-order valence-electron chi connectivity index (χ0n) is 12.1. The van der Waals surface area contributed by atoms with E-state index in [1.54, 1.807) is 0 Å². The Morgan fingerprint density at radius 3 is 2.74 bits per heavy atom. The van der Waals surface area contributed by atoms with Crippen molar-refractivity contribution in [1.82, 2.24) is 9.97 Å². The molecule has 0 aromatic carbocycles. The van der Waals surface area contributed by atoms with E-state index in [1.807, 2.05) is 30.6 Å². The second kappa shape index (κ2) is 6.84. The first kappa shape index (κ1) is 15.0. The molecule has 1 aromatic heterocycles. The molecule has 3 nitrogen and oxygen atoms in total. The van der Waals surface area contributed by atoms with Crippen molar-refractivity contribution in [3.8, 4) is 0 Å². The first-order valence-corrected chi connectivity index (χ1v) is 8.95. The van der Waals surface area contributed by atoms with Gasteiger partial charge < -0.3 is 5.32 Å². The summed E-state index contributed by atoms with van der Waals surface area (Å²) in [5.74, 6) is 3.08. The summed E-state index contributed by atoms with van der Waals surface area (Å²) in [6.45, 7) is 6.81. The van der Waals surface area contributed by atoms with Crippen LogP contribution in [-0.4, -0.2) is 33.3 Å².